The summed E-state index contributed by atoms with van der Waals surface area (Å²) in [4.78, 5) is 10.8. The van der Waals surface area contributed by atoms with E-state index < -0.39 is 0 Å². The molecule has 1 aromatic rings. The van der Waals surface area contributed by atoms with E-state index in [0.29, 0.717) is 15.6 Å². The number of carbonyl (C=O) groups is 1. The zero-order valence-corrected chi connectivity index (χ0v) is 10.1. The summed E-state index contributed by atoms with van der Waals surface area (Å²) in [5.74, 6) is 0.178. The van der Waals surface area contributed by atoms with Crippen LogP contribution in [0.15, 0.2) is 23.8 Å². The van der Waals surface area contributed by atoms with E-state index in [4.69, 9.17) is 23.2 Å². The number of allylic oxidation sites excluding steroid dienone is 1. The third-order valence-electron chi connectivity index (χ3n) is 2.11. The largest absolute Gasteiger partial charge is 0.298 e. The van der Waals surface area contributed by atoms with Crippen LogP contribution in [-0.2, 0) is 4.79 Å². The van der Waals surface area contributed by atoms with Crippen molar-refractivity contribution in [2.45, 2.75) is 13.8 Å². The molecule has 3 heteroatoms. The molecule has 1 nitrogen and oxygen atoms in total. The Morgan fingerprint density at radius 3 is 2.53 bits per heavy atom. The van der Waals surface area contributed by atoms with E-state index >= 15 is 0 Å². The maximum Gasteiger partial charge on any atom is 0.146 e. The van der Waals surface area contributed by atoms with Crippen molar-refractivity contribution in [3.8, 4) is 0 Å². The van der Waals surface area contributed by atoms with Crippen LogP contribution in [0.4, 0.5) is 0 Å². The van der Waals surface area contributed by atoms with Crippen LogP contribution < -0.4 is 0 Å². The summed E-state index contributed by atoms with van der Waals surface area (Å²) >= 11 is 11.9. The number of carbonyl (C=O) groups excluding carboxylic acids is 1. The quantitative estimate of drug-likeness (QED) is 0.573. The number of halogens is 2. The molecule has 0 fully saturated rings. The van der Waals surface area contributed by atoms with E-state index in [0.717, 1.165) is 11.8 Å². The second-order valence-electron chi connectivity index (χ2n) is 3.56. The summed E-state index contributed by atoms with van der Waals surface area (Å²) in [5, 5.41) is 0.985. The average Bonchev–Trinajstić information content (AvgIpc) is 2.19. The predicted molar refractivity (Wildman–Crippen MR) is 65.3 cm³/mol. The molecule has 0 aliphatic heterocycles. The topological polar surface area (TPSA) is 17.1 Å². The summed E-state index contributed by atoms with van der Waals surface area (Å²) in [7, 11) is 0. The second-order valence-corrected chi connectivity index (χ2v) is 4.35. The zero-order chi connectivity index (χ0) is 11.4. The molecule has 0 unspecified atom stereocenters. The van der Waals surface area contributed by atoms with Crippen molar-refractivity contribution in [1.82, 2.24) is 0 Å². The first-order valence-electron chi connectivity index (χ1n) is 4.67. The van der Waals surface area contributed by atoms with Crippen molar-refractivity contribution in [2.75, 3.05) is 0 Å². The maximum absolute atomic E-state index is 10.8. The highest BCUT2D eigenvalue weighted by Gasteiger charge is 2.05. The highest BCUT2D eigenvalue weighted by atomic mass is 35.5. The van der Waals surface area contributed by atoms with Crippen LogP contribution in [0.2, 0.25) is 10.0 Å². The molecule has 0 amide bonds. The van der Waals surface area contributed by atoms with Crippen LogP contribution in [0, 0.1) is 5.92 Å². The maximum atomic E-state index is 10.8. The van der Waals surface area contributed by atoms with Crippen molar-refractivity contribution in [1.29, 1.82) is 0 Å². The van der Waals surface area contributed by atoms with Crippen LogP contribution in [0.5, 0.6) is 0 Å². The SMILES string of the molecule is CC(C)C(C=O)=Cc1cccc(Cl)c1Cl. The lowest BCUT2D eigenvalue weighted by Gasteiger charge is -2.05. The van der Waals surface area contributed by atoms with Gasteiger partial charge in [-0.1, -0.05) is 49.2 Å². The number of rotatable bonds is 3. The van der Waals surface area contributed by atoms with E-state index in [1.54, 1.807) is 12.1 Å². The molecule has 0 aromatic heterocycles. The molecule has 0 atom stereocenters. The third kappa shape index (κ3) is 3.08. The van der Waals surface area contributed by atoms with Crippen LogP contribution in [0.25, 0.3) is 6.08 Å². The van der Waals surface area contributed by atoms with Crippen molar-refractivity contribution >= 4 is 35.6 Å². The highest BCUT2D eigenvalue weighted by Crippen LogP contribution is 2.27. The fraction of sp³-hybridized carbons (Fsp3) is 0.250. The standard InChI is InChI=1S/C12H12Cl2O/c1-8(2)10(7-15)6-9-4-3-5-11(13)12(9)14/h3-8H,1-2H3. The zero-order valence-electron chi connectivity index (χ0n) is 8.63. The Morgan fingerprint density at radius 1 is 1.33 bits per heavy atom. The monoisotopic (exact) mass is 242 g/mol. The molecule has 0 radical (unpaired) electrons. The van der Waals surface area contributed by atoms with Gasteiger partial charge in [-0.2, -0.15) is 0 Å². The van der Waals surface area contributed by atoms with Gasteiger partial charge in [-0.05, 0) is 29.2 Å². The average molecular weight is 243 g/mol. The van der Waals surface area contributed by atoms with E-state index in [1.807, 2.05) is 26.0 Å². The summed E-state index contributed by atoms with van der Waals surface area (Å²) in [6.45, 7) is 3.91. The van der Waals surface area contributed by atoms with Crippen molar-refractivity contribution in [2.24, 2.45) is 5.92 Å². The van der Waals surface area contributed by atoms with Gasteiger partial charge in [0.05, 0.1) is 10.0 Å². The lowest BCUT2D eigenvalue weighted by atomic mass is 10.0. The van der Waals surface area contributed by atoms with Gasteiger partial charge in [-0.3, -0.25) is 4.79 Å². The van der Waals surface area contributed by atoms with Gasteiger partial charge in [0.2, 0.25) is 0 Å². The summed E-state index contributed by atoms with van der Waals surface area (Å²) in [6, 6.07) is 5.36. The first-order valence-corrected chi connectivity index (χ1v) is 5.42. The van der Waals surface area contributed by atoms with Gasteiger partial charge in [0, 0.05) is 0 Å². The Bertz CT molecular complexity index is 395. The molecule has 0 saturated carbocycles. The van der Waals surface area contributed by atoms with Crippen LogP contribution in [-0.4, -0.2) is 6.29 Å². The minimum Gasteiger partial charge on any atom is -0.298 e. The molecule has 0 N–H and O–H groups in total. The lowest BCUT2D eigenvalue weighted by Crippen LogP contribution is -1.95. The number of benzene rings is 1. The van der Waals surface area contributed by atoms with Crippen LogP contribution >= 0.6 is 23.2 Å². The number of hydrogen-bond donors (Lipinski definition) is 0. The van der Waals surface area contributed by atoms with Gasteiger partial charge in [0.15, 0.2) is 0 Å². The fourth-order valence-corrected chi connectivity index (χ4v) is 1.51. The molecule has 80 valence electrons. The molecule has 0 saturated heterocycles. The molecule has 0 bridgehead atoms. The Kier molecular flexibility index (Phi) is 4.37. The molecular weight excluding hydrogens is 231 g/mol. The predicted octanol–water partition coefficient (Wildman–Crippen LogP) is 4.23. The van der Waals surface area contributed by atoms with Gasteiger partial charge >= 0.3 is 0 Å². The summed E-state index contributed by atoms with van der Waals surface area (Å²) in [6.07, 6.45) is 2.62. The molecule has 1 aromatic carbocycles. The first-order chi connectivity index (χ1) is 7.06. The van der Waals surface area contributed by atoms with Crippen molar-refractivity contribution in [3.05, 3.63) is 39.4 Å². The molecule has 0 aliphatic carbocycles. The minimum atomic E-state index is 0.178. The first kappa shape index (κ1) is 12.3. The molecule has 1 rings (SSSR count). The van der Waals surface area contributed by atoms with E-state index in [-0.39, 0.29) is 5.92 Å². The highest BCUT2D eigenvalue weighted by molar-refractivity contribution is 6.42. The van der Waals surface area contributed by atoms with Crippen LogP contribution in [0.1, 0.15) is 19.4 Å². The Hall–Kier alpha value is -0.790. The normalized spacial score (nSPS) is 11.9. The van der Waals surface area contributed by atoms with E-state index in [9.17, 15) is 4.79 Å². The van der Waals surface area contributed by atoms with Gasteiger partial charge < -0.3 is 0 Å². The Morgan fingerprint density at radius 2 is 2.00 bits per heavy atom. The van der Waals surface area contributed by atoms with Gasteiger partial charge in [0.25, 0.3) is 0 Å². The Labute approximate surface area is 99.7 Å². The lowest BCUT2D eigenvalue weighted by molar-refractivity contribution is -0.105. The van der Waals surface area contributed by atoms with Gasteiger partial charge in [-0.25, -0.2) is 0 Å². The van der Waals surface area contributed by atoms with Gasteiger partial charge in [0.1, 0.15) is 6.29 Å². The summed E-state index contributed by atoms with van der Waals surface area (Å²) < 4.78 is 0. The number of aldehydes is 1. The molecule has 0 aliphatic rings. The van der Waals surface area contributed by atoms with E-state index in [2.05, 4.69) is 0 Å². The van der Waals surface area contributed by atoms with Crippen LogP contribution in [0.3, 0.4) is 0 Å². The molecular formula is C12H12Cl2O. The Balaban J connectivity index is 3.17. The summed E-state index contributed by atoms with van der Waals surface area (Å²) in [5.41, 5.74) is 1.49. The fourth-order valence-electron chi connectivity index (χ4n) is 1.15. The van der Waals surface area contributed by atoms with Gasteiger partial charge in [-0.15, -0.1) is 0 Å². The van der Waals surface area contributed by atoms with E-state index in [1.165, 1.54) is 0 Å². The number of hydrogen-bond acceptors (Lipinski definition) is 1. The van der Waals surface area contributed by atoms with Crippen molar-refractivity contribution in [3.63, 3.8) is 0 Å². The third-order valence-corrected chi connectivity index (χ3v) is 2.94. The molecule has 0 heterocycles. The smallest absolute Gasteiger partial charge is 0.146 e. The second kappa shape index (κ2) is 5.34. The molecule has 15 heavy (non-hydrogen) atoms. The minimum absolute atomic E-state index is 0.178. The molecule has 0 spiro atoms. The van der Waals surface area contributed by atoms with Crippen molar-refractivity contribution < 1.29 is 4.79 Å².